The zero-order valence-corrected chi connectivity index (χ0v) is 22.5. The second kappa shape index (κ2) is 12.8. The number of halogens is 1. The number of piperidine rings is 1. The van der Waals surface area contributed by atoms with Crippen LogP contribution in [0.3, 0.4) is 0 Å². The van der Waals surface area contributed by atoms with E-state index < -0.39 is 0 Å². The van der Waals surface area contributed by atoms with Gasteiger partial charge in [0.15, 0.2) is 11.5 Å². The van der Waals surface area contributed by atoms with E-state index in [4.69, 9.17) is 18.9 Å². The van der Waals surface area contributed by atoms with Crippen LogP contribution in [0.4, 0.5) is 4.39 Å². The molecule has 6 nitrogen and oxygen atoms in total. The molecule has 1 aliphatic heterocycles. The Kier molecular flexibility index (Phi) is 9.24. The average molecular weight is 522 g/mol. The minimum Gasteiger partial charge on any atom is -0.496 e. The van der Waals surface area contributed by atoms with Gasteiger partial charge < -0.3 is 18.9 Å². The molecule has 1 fully saturated rings. The van der Waals surface area contributed by atoms with Crippen molar-refractivity contribution in [1.29, 1.82) is 0 Å². The van der Waals surface area contributed by atoms with Gasteiger partial charge in [0, 0.05) is 36.7 Å². The van der Waals surface area contributed by atoms with Crippen molar-refractivity contribution in [3.8, 4) is 17.2 Å². The molecule has 1 saturated heterocycles. The fourth-order valence-electron chi connectivity index (χ4n) is 5.31. The third kappa shape index (κ3) is 6.45. The van der Waals surface area contributed by atoms with Gasteiger partial charge in [0.25, 0.3) is 0 Å². The highest BCUT2D eigenvalue weighted by molar-refractivity contribution is 5.74. The summed E-state index contributed by atoms with van der Waals surface area (Å²) in [5.74, 6) is 1.56. The zero-order valence-electron chi connectivity index (χ0n) is 22.5. The fraction of sp³-hybridized carbons (Fsp3) is 0.387. The van der Waals surface area contributed by atoms with Crippen LogP contribution in [0.5, 0.6) is 17.2 Å². The van der Waals surface area contributed by atoms with Gasteiger partial charge in [-0.05, 0) is 49.1 Å². The highest BCUT2D eigenvalue weighted by Crippen LogP contribution is 2.41. The summed E-state index contributed by atoms with van der Waals surface area (Å²) < 4.78 is 36.2. The summed E-state index contributed by atoms with van der Waals surface area (Å²) in [4.78, 5) is 15.4. The summed E-state index contributed by atoms with van der Waals surface area (Å²) in [6.07, 6.45) is 2.05. The lowest BCUT2D eigenvalue weighted by molar-refractivity contribution is -0.151. The first-order valence-electron chi connectivity index (χ1n) is 12.9. The third-order valence-electron chi connectivity index (χ3n) is 7.19. The van der Waals surface area contributed by atoms with Gasteiger partial charge in [-0.3, -0.25) is 9.69 Å². The maximum Gasteiger partial charge on any atom is 0.310 e. The summed E-state index contributed by atoms with van der Waals surface area (Å²) in [5, 5.41) is 0. The first-order valence-corrected chi connectivity index (χ1v) is 12.9. The number of para-hydroxylation sites is 2. The maximum absolute atomic E-state index is 13.4. The number of methoxy groups -OCH3 is 3. The fourth-order valence-corrected chi connectivity index (χ4v) is 5.31. The molecule has 0 aliphatic carbocycles. The number of ether oxygens (including phenoxy) is 4. The van der Waals surface area contributed by atoms with Crippen LogP contribution < -0.4 is 14.2 Å². The molecule has 202 valence electrons. The SMILES string of the molecule is COc1cccc(C2CC(OC(=O)Cc3cccc(C)c3OC)CCN2CCc2ccc(F)cc2)c1OC. The molecule has 4 rings (SSSR count). The van der Waals surface area contributed by atoms with E-state index in [1.165, 1.54) is 12.1 Å². The summed E-state index contributed by atoms with van der Waals surface area (Å²) in [7, 11) is 4.88. The van der Waals surface area contributed by atoms with Gasteiger partial charge in [-0.2, -0.15) is 0 Å². The van der Waals surface area contributed by atoms with Crippen molar-refractivity contribution in [2.45, 2.75) is 44.8 Å². The van der Waals surface area contributed by atoms with Crippen molar-refractivity contribution < 1.29 is 28.1 Å². The molecule has 38 heavy (non-hydrogen) atoms. The second-order valence-corrected chi connectivity index (χ2v) is 9.59. The van der Waals surface area contributed by atoms with E-state index in [1.54, 1.807) is 21.3 Å². The van der Waals surface area contributed by atoms with Crippen molar-refractivity contribution >= 4 is 5.97 Å². The zero-order chi connectivity index (χ0) is 27.1. The van der Waals surface area contributed by atoms with Crippen molar-refractivity contribution in [3.05, 3.63) is 88.7 Å². The smallest absolute Gasteiger partial charge is 0.310 e. The van der Waals surface area contributed by atoms with Crippen molar-refractivity contribution in [2.24, 2.45) is 0 Å². The topological polar surface area (TPSA) is 57.2 Å². The molecule has 0 bridgehead atoms. The second-order valence-electron chi connectivity index (χ2n) is 9.59. The van der Waals surface area contributed by atoms with Crippen molar-refractivity contribution in [3.63, 3.8) is 0 Å². The predicted molar refractivity (Wildman–Crippen MR) is 145 cm³/mol. The number of hydrogen-bond acceptors (Lipinski definition) is 6. The van der Waals surface area contributed by atoms with Crippen molar-refractivity contribution in [1.82, 2.24) is 4.90 Å². The molecular weight excluding hydrogens is 485 g/mol. The Balaban J connectivity index is 1.52. The molecule has 0 aromatic heterocycles. The summed E-state index contributed by atoms with van der Waals surface area (Å²) in [6, 6.07) is 18.2. The lowest BCUT2D eigenvalue weighted by Crippen LogP contribution is -2.41. The van der Waals surface area contributed by atoms with Gasteiger partial charge >= 0.3 is 5.97 Å². The molecule has 0 saturated carbocycles. The summed E-state index contributed by atoms with van der Waals surface area (Å²) in [5.41, 5.74) is 3.87. The Morgan fingerprint density at radius 1 is 0.947 bits per heavy atom. The van der Waals surface area contributed by atoms with Gasteiger partial charge in [0.2, 0.25) is 0 Å². The van der Waals surface area contributed by atoms with E-state index in [2.05, 4.69) is 4.90 Å². The maximum atomic E-state index is 13.4. The molecule has 0 spiro atoms. The van der Waals surface area contributed by atoms with Crippen LogP contribution in [0.2, 0.25) is 0 Å². The minimum absolute atomic E-state index is 0.0412. The van der Waals surface area contributed by atoms with E-state index in [0.717, 1.165) is 53.9 Å². The Morgan fingerprint density at radius 3 is 2.39 bits per heavy atom. The van der Waals surface area contributed by atoms with Crippen LogP contribution >= 0.6 is 0 Å². The Labute approximate surface area is 224 Å². The number of carbonyl (C=O) groups excluding carboxylic acids is 1. The van der Waals surface area contributed by atoms with E-state index in [-0.39, 0.29) is 30.4 Å². The van der Waals surface area contributed by atoms with Crippen LogP contribution in [0.1, 0.15) is 41.1 Å². The molecule has 0 amide bonds. The molecular formula is C31H36FNO5. The van der Waals surface area contributed by atoms with E-state index in [9.17, 15) is 9.18 Å². The highest BCUT2D eigenvalue weighted by Gasteiger charge is 2.34. The molecule has 3 aromatic rings. The largest absolute Gasteiger partial charge is 0.496 e. The van der Waals surface area contributed by atoms with Crippen LogP contribution in [0, 0.1) is 12.7 Å². The monoisotopic (exact) mass is 521 g/mol. The molecule has 2 unspecified atom stereocenters. The van der Waals surface area contributed by atoms with E-state index in [0.29, 0.717) is 17.9 Å². The standard InChI is InChI=1S/C31H36FNO5/c1-21-7-5-8-23(30(21)36-3)19-29(34)38-25-16-18-33(17-15-22-11-13-24(32)14-12-22)27(20-25)26-9-6-10-28(35-2)31(26)37-4/h5-14,25,27H,15-20H2,1-4H3. The van der Waals surface area contributed by atoms with Gasteiger partial charge in [-0.25, -0.2) is 4.39 Å². The van der Waals surface area contributed by atoms with Crippen LogP contribution in [0.25, 0.3) is 0 Å². The van der Waals surface area contributed by atoms with Crippen LogP contribution in [-0.4, -0.2) is 51.4 Å². The summed E-state index contributed by atoms with van der Waals surface area (Å²) >= 11 is 0. The molecule has 3 aromatic carbocycles. The Morgan fingerprint density at radius 2 is 1.68 bits per heavy atom. The molecule has 2 atom stereocenters. The number of likely N-dealkylation sites (tertiary alicyclic amines) is 1. The van der Waals surface area contributed by atoms with Crippen LogP contribution in [-0.2, 0) is 22.4 Å². The minimum atomic E-state index is -0.269. The average Bonchev–Trinajstić information content (AvgIpc) is 2.92. The predicted octanol–water partition coefficient (Wildman–Crippen LogP) is 5.69. The molecule has 7 heteroatoms. The van der Waals surface area contributed by atoms with Gasteiger partial charge in [-0.15, -0.1) is 0 Å². The molecule has 1 heterocycles. The number of esters is 1. The number of rotatable bonds is 10. The first kappa shape index (κ1) is 27.5. The third-order valence-corrected chi connectivity index (χ3v) is 7.19. The number of carbonyl (C=O) groups is 1. The first-order chi connectivity index (χ1) is 18.4. The van der Waals surface area contributed by atoms with Gasteiger partial charge in [-0.1, -0.05) is 42.5 Å². The van der Waals surface area contributed by atoms with E-state index >= 15 is 0 Å². The van der Waals surface area contributed by atoms with Crippen molar-refractivity contribution in [2.75, 3.05) is 34.4 Å². The normalized spacial score (nSPS) is 17.6. The molecule has 0 radical (unpaired) electrons. The molecule has 1 aliphatic rings. The van der Waals surface area contributed by atoms with Gasteiger partial charge in [0.05, 0.1) is 27.8 Å². The Hall–Kier alpha value is -3.58. The Bertz CT molecular complexity index is 1230. The number of hydrogen-bond donors (Lipinski definition) is 0. The molecule has 0 N–H and O–H groups in total. The number of aryl methyl sites for hydroxylation is 1. The number of benzene rings is 3. The number of nitrogens with zero attached hydrogens (tertiary/aromatic N) is 1. The summed E-state index contributed by atoms with van der Waals surface area (Å²) in [6.45, 7) is 3.48. The quantitative estimate of drug-likeness (QED) is 0.319. The van der Waals surface area contributed by atoms with E-state index in [1.807, 2.05) is 55.5 Å². The van der Waals surface area contributed by atoms with Crippen LogP contribution in [0.15, 0.2) is 60.7 Å². The lowest BCUT2D eigenvalue weighted by atomic mass is 9.91. The highest BCUT2D eigenvalue weighted by atomic mass is 19.1. The van der Waals surface area contributed by atoms with Gasteiger partial charge in [0.1, 0.15) is 17.7 Å². The lowest BCUT2D eigenvalue weighted by Gasteiger charge is -2.40.